The Bertz CT molecular complexity index is 963. The summed E-state index contributed by atoms with van der Waals surface area (Å²) in [6, 6.07) is 17.7. The third-order valence-corrected chi connectivity index (χ3v) is 3.70. The molecule has 0 saturated heterocycles. The number of hydrogen-bond donors (Lipinski definition) is 1. The van der Waals surface area contributed by atoms with Crippen molar-refractivity contribution in [1.82, 2.24) is 9.97 Å². The van der Waals surface area contributed by atoms with Gasteiger partial charge in [0.2, 0.25) is 0 Å². The molecule has 0 aliphatic rings. The summed E-state index contributed by atoms with van der Waals surface area (Å²) >= 11 is 0. The SMILES string of the molecule is Oc1ccc2ccccc2c1-c1ccc2cncnc2c1. The molecule has 0 spiro atoms. The van der Waals surface area contributed by atoms with E-state index in [9.17, 15) is 5.11 Å². The largest absolute Gasteiger partial charge is 0.507 e. The quantitative estimate of drug-likeness (QED) is 0.566. The number of aromatic hydroxyl groups is 1. The van der Waals surface area contributed by atoms with Crippen LogP contribution >= 0.6 is 0 Å². The molecule has 0 aliphatic carbocycles. The summed E-state index contributed by atoms with van der Waals surface area (Å²) in [7, 11) is 0. The molecule has 1 aromatic heterocycles. The molecule has 0 radical (unpaired) electrons. The number of rotatable bonds is 1. The Morgan fingerprint density at radius 3 is 2.67 bits per heavy atom. The Labute approximate surface area is 121 Å². The summed E-state index contributed by atoms with van der Waals surface area (Å²) in [4.78, 5) is 8.31. The van der Waals surface area contributed by atoms with Crippen molar-refractivity contribution < 1.29 is 5.11 Å². The maximum Gasteiger partial charge on any atom is 0.124 e. The molecule has 1 heterocycles. The van der Waals surface area contributed by atoms with E-state index in [-0.39, 0.29) is 5.75 Å². The lowest BCUT2D eigenvalue weighted by Crippen LogP contribution is -1.85. The lowest BCUT2D eigenvalue weighted by atomic mass is 9.96. The van der Waals surface area contributed by atoms with Crippen LogP contribution < -0.4 is 0 Å². The van der Waals surface area contributed by atoms with Gasteiger partial charge in [-0.2, -0.15) is 0 Å². The highest BCUT2D eigenvalue weighted by molar-refractivity contribution is 6.01. The van der Waals surface area contributed by atoms with Crippen LogP contribution in [0.25, 0.3) is 32.8 Å². The van der Waals surface area contributed by atoms with Crippen molar-refractivity contribution in [2.24, 2.45) is 0 Å². The highest BCUT2D eigenvalue weighted by atomic mass is 16.3. The normalized spacial score (nSPS) is 11.0. The second-order valence-electron chi connectivity index (χ2n) is 4.98. The molecule has 0 unspecified atom stereocenters. The third-order valence-electron chi connectivity index (χ3n) is 3.70. The van der Waals surface area contributed by atoms with E-state index in [4.69, 9.17) is 0 Å². The van der Waals surface area contributed by atoms with Gasteiger partial charge in [0, 0.05) is 17.1 Å². The van der Waals surface area contributed by atoms with E-state index in [1.165, 1.54) is 6.33 Å². The Morgan fingerprint density at radius 1 is 0.857 bits per heavy atom. The number of phenols is 1. The van der Waals surface area contributed by atoms with Crippen molar-refractivity contribution in [2.45, 2.75) is 0 Å². The summed E-state index contributed by atoms with van der Waals surface area (Å²) in [5.41, 5.74) is 2.67. The minimum Gasteiger partial charge on any atom is -0.507 e. The number of aromatic nitrogens is 2. The van der Waals surface area contributed by atoms with Crippen LogP contribution in [0.3, 0.4) is 0 Å². The predicted molar refractivity (Wildman–Crippen MR) is 84.1 cm³/mol. The second-order valence-corrected chi connectivity index (χ2v) is 4.98. The van der Waals surface area contributed by atoms with Gasteiger partial charge in [0.25, 0.3) is 0 Å². The van der Waals surface area contributed by atoms with Gasteiger partial charge < -0.3 is 5.11 Å². The first-order valence-electron chi connectivity index (χ1n) is 6.74. The fraction of sp³-hybridized carbons (Fsp3) is 0. The standard InChI is InChI=1S/C18H12N2O/c21-17-8-7-12-3-1-2-4-15(12)18(17)13-5-6-14-10-19-11-20-16(14)9-13/h1-11,21H. The first-order chi connectivity index (χ1) is 10.3. The molecule has 0 amide bonds. The molecule has 100 valence electrons. The van der Waals surface area contributed by atoms with Gasteiger partial charge in [0.1, 0.15) is 12.1 Å². The number of nitrogens with zero attached hydrogens (tertiary/aromatic N) is 2. The number of hydrogen-bond acceptors (Lipinski definition) is 3. The summed E-state index contributed by atoms with van der Waals surface area (Å²) < 4.78 is 0. The van der Waals surface area contributed by atoms with Gasteiger partial charge in [-0.05, 0) is 28.5 Å². The van der Waals surface area contributed by atoms with Crippen molar-refractivity contribution in [3.8, 4) is 16.9 Å². The van der Waals surface area contributed by atoms with Crippen molar-refractivity contribution in [2.75, 3.05) is 0 Å². The molecule has 0 saturated carbocycles. The second kappa shape index (κ2) is 4.56. The van der Waals surface area contributed by atoms with Gasteiger partial charge in [0.05, 0.1) is 5.52 Å². The summed E-state index contributed by atoms with van der Waals surface area (Å²) in [5.74, 6) is 0.280. The summed E-state index contributed by atoms with van der Waals surface area (Å²) in [6.07, 6.45) is 3.32. The van der Waals surface area contributed by atoms with Crippen LogP contribution in [0.2, 0.25) is 0 Å². The van der Waals surface area contributed by atoms with Gasteiger partial charge in [0.15, 0.2) is 0 Å². The average molecular weight is 272 g/mol. The Morgan fingerprint density at radius 2 is 1.71 bits per heavy atom. The molecular formula is C18H12N2O. The highest BCUT2D eigenvalue weighted by Crippen LogP contribution is 2.37. The number of fused-ring (bicyclic) bond motifs is 2. The van der Waals surface area contributed by atoms with Crippen LogP contribution in [0.1, 0.15) is 0 Å². The molecule has 3 aromatic carbocycles. The first kappa shape index (κ1) is 11.9. The summed E-state index contributed by atoms with van der Waals surface area (Å²) in [6.45, 7) is 0. The molecule has 4 rings (SSSR count). The molecule has 0 aliphatic heterocycles. The molecule has 0 fully saturated rings. The summed E-state index contributed by atoms with van der Waals surface area (Å²) in [5, 5.41) is 13.4. The van der Waals surface area contributed by atoms with Crippen LogP contribution in [-0.4, -0.2) is 15.1 Å². The molecule has 0 bridgehead atoms. The fourth-order valence-corrected chi connectivity index (χ4v) is 2.69. The zero-order chi connectivity index (χ0) is 14.2. The van der Waals surface area contributed by atoms with E-state index in [0.717, 1.165) is 32.8 Å². The number of phenolic OH excluding ortho intramolecular Hbond substituents is 1. The van der Waals surface area contributed by atoms with Crippen LogP contribution in [0.5, 0.6) is 5.75 Å². The average Bonchev–Trinajstić information content (AvgIpc) is 2.54. The maximum absolute atomic E-state index is 10.3. The third kappa shape index (κ3) is 1.91. The van der Waals surface area contributed by atoms with Gasteiger partial charge in [-0.3, -0.25) is 0 Å². The maximum atomic E-state index is 10.3. The van der Waals surface area contributed by atoms with Crippen molar-refractivity contribution >= 4 is 21.7 Å². The smallest absolute Gasteiger partial charge is 0.124 e. The van der Waals surface area contributed by atoms with Crippen LogP contribution in [0.15, 0.2) is 67.1 Å². The zero-order valence-electron chi connectivity index (χ0n) is 11.2. The van der Waals surface area contributed by atoms with E-state index in [1.807, 2.05) is 48.5 Å². The van der Waals surface area contributed by atoms with E-state index in [0.29, 0.717) is 0 Å². The monoisotopic (exact) mass is 272 g/mol. The van der Waals surface area contributed by atoms with Crippen molar-refractivity contribution in [3.05, 3.63) is 67.1 Å². The number of benzene rings is 3. The van der Waals surface area contributed by atoms with Crippen molar-refractivity contribution in [1.29, 1.82) is 0 Å². The minimum atomic E-state index is 0.280. The lowest BCUT2D eigenvalue weighted by molar-refractivity contribution is 0.478. The molecule has 0 atom stereocenters. The Kier molecular flexibility index (Phi) is 2.57. The van der Waals surface area contributed by atoms with E-state index in [2.05, 4.69) is 9.97 Å². The molecule has 1 N–H and O–H groups in total. The topological polar surface area (TPSA) is 46.0 Å². The molecule has 3 heteroatoms. The molecule has 4 aromatic rings. The molecule has 21 heavy (non-hydrogen) atoms. The van der Waals surface area contributed by atoms with E-state index in [1.54, 1.807) is 12.3 Å². The van der Waals surface area contributed by atoms with Gasteiger partial charge >= 0.3 is 0 Å². The van der Waals surface area contributed by atoms with E-state index < -0.39 is 0 Å². The van der Waals surface area contributed by atoms with E-state index >= 15 is 0 Å². The van der Waals surface area contributed by atoms with Crippen molar-refractivity contribution in [3.63, 3.8) is 0 Å². The fourth-order valence-electron chi connectivity index (χ4n) is 2.69. The molecule has 3 nitrogen and oxygen atoms in total. The zero-order valence-corrected chi connectivity index (χ0v) is 11.2. The van der Waals surface area contributed by atoms with Gasteiger partial charge in [-0.15, -0.1) is 0 Å². The first-order valence-corrected chi connectivity index (χ1v) is 6.74. The Hall–Kier alpha value is -2.94. The van der Waals surface area contributed by atoms with Crippen LogP contribution in [-0.2, 0) is 0 Å². The lowest BCUT2D eigenvalue weighted by Gasteiger charge is -2.10. The van der Waals surface area contributed by atoms with Gasteiger partial charge in [-0.25, -0.2) is 9.97 Å². The highest BCUT2D eigenvalue weighted by Gasteiger charge is 2.10. The molecular weight excluding hydrogens is 260 g/mol. The predicted octanol–water partition coefficient (Wildman–Crippen LogP) is 4.16. The van der Waals surface area contributed by atoms with Crippen LogP contribution in [0.4, 0.5) is 0 Å². The Balaban J connectivity index is 2.05. The van der Waals surface area contributed by atoms with Gasteiger partial charge in [-0.1, -0.05) is 42.5 Å². The van der Waals surface area contributed by atoms with Crippen LogP contribution in [0, 0.1) is 0 Å². The minimum absolute atomic E-state index is 0.280.